The minimum atomic E-state index is -1.47. The van der Waals surface area contributed by atoms with Crippen molar-refractivity contribution in [3.8, 4) is 0 Å². The number of nitrogens with zero attached hydrogens (tertiary/aromatic N) is 1. The number of ether oxygens (including phenoxy) is 2. The van der Waals surface area contributed by atoms with Crippen LogP contribution in [0.2, 0.25) is 0 Å². The van der Waals surface area contributed by atoms with Crippen molar-refractivity contribution in [1.29, 1.82) is 0 Å². The Morgan fingerprint density at radius 2 is 1.69 bits per heavy atom. The molecule has 17 atom stereocenters. The van der Waals surface area contributed by atoms with Gasteiger partial charge in [0.15, 0.2) is 6.29 Å². The van der Waals surface area contributed by atoms with Crippen LogP contribution < -0.4 is 0 Å². The van der Waals surface area contributed by atoms with Gasteiger partial charge in [0, 0.05) is 31.5 Å². The van der Waals surface area contributed by atoms with E-state index in [-0.39, 0.29) is 23.5 Å². The van der Waals surface area contributed by atoms with Gasteiger partial charge in [-0.05, 0) is 105 Å². The normalized spacial score (nSPS) is 57.9. The number of carbonyl (C=O) groups excluding carboxylic acids is 1. The fourth-order valence-electron chi connectivity index (χ4n) is 11.8. The first-order valence-electron chi connectivity index (χ1n) is 16.9. The van der Waals surface area contributed by atoms with E-state index in [1.807, 2.05) is 0 Å². The summed E-state index contributed by atoms with van der Waals surface area (Å²) in [5.41, 5.74) is -0.745. The summed E-state index contributed by atoms with van der Waals surface area (Å²) >= 11 is 0. The first kappa shape index (κ1) is 30.0. The molecule has 7 fully saturated rings. The van der Waals surface area contributed by atoms with Crippen molar-refractivity contribution in [2.75, 3.05) is 19.7 Å². The van der Waals surface area contributed by atoms with Gasteiger partial charge in [-0.2, -0.15) is 0 Å². The summed E-state index contributed by atoms with van der Waals surface area (Å²) in [6.45, 7) is 8.49. The van der Waals surface area contributed by atoms with E-state index in [0.717, 1.165) is 51.6 Å². The molecule has 0 bridgehead atoms. The Kier molecular flexibility index (Phi) is 7.66. The second-order valence-electron chi connectivity index (χ2n) is 16.0. The van der Waals surface area contributed by atoms with E-state index in [9.17, 15) is 30.3 Å². The Labute approximate surface area is 249 Å². The third kappa shape index (κ3) is 4.50. The van der Waals surface area contributed by atoms with Crippen LogP contribution >= 0.6 is 0 Å². The maximum absolute atomic E-state index is 13.9. The molecule has 3 heterocycles. The molecule has 4 saturated carbocycles. The van der Waals surface area contributed by atoms with E-state index in [0.29, 0.717) is 60.1 Å². The summed E-state index contributed by atoms with van der Waals surface area (Å²) in [4.78, 5) is 16.5. The summed E-state index contributed by atoms with van der Waals surface area (Å²) in [6, 6.07) is 0.276. The van der Waals surface area contributed by atoms with Gasteiger partial charge >= 0.3 is 0 Å². The quantitative estimate of drug-likeness (QED) is 0.310. The monoisotopic (exact) mass is 591 g/mol. The molecule has 7 aliphatic rings. The largest absolute Gasteiger partial charge is 0.394 e. The van der Waals surface area contributed by atoms with Crippen molar-refractivity contribution < 1.29 is 39.8 Å². The van der Waals surface area contributed by atoms with Crippen LogP contribution in [0.15, 0.2) is 0 Å². The number of aliphatic hydroxyl groups is 5. The first-order valence-corrected chi connectivity index (χ1v) is 16.9. The molecule has 9 nitrogen and oxygen atoms in total. The molecule has 4 aliphatic carbocycles. The summed E-state index contributed by atoms with van der Waals surface area (Å²) in [5.74, 6) is 3.79. The molecule has 0 aromatic rings. The zero-order valence-corrected chi connectivity index (χ0v) is 25.6. The predicted octanol–water partition coefficient (Wildman–Crippen LogP) is 1.71. The Balaban J connectivity index is 1.07. The van der Waals surface area contributed by atoms with Crippen molar-refractivity contribution in [1.82, 2.24) is 4.90 Å². The van der Waals surface area contributed by atoms with Crippen LogP contribution in [0.3, 0.4) is 0 Å². The maximum Gasteiger partial charge on any atom is 0.186 e. The summed E-state index contributed by atoms with van der Waals surface area (Å²) in [5, 5.41) is 52.4. The van der Waals surface area contributed by atoms with Crippen molar-refractivity contribution in [2.45, 2.75) is 127 Å². The molecule has 0 aromatic heterocycles. The van der Waals surface area contributed by atoms with E-state index in [1.165, 1.54) is 6.42 Å². The number of Topliss-reactive ketones (excluding diaryl/α,β-unsaturated/α-hetero) is 1. The van der Waals surface area contributed by atoms with E-state index in [1.54, 1.807) is 0 Å². The van der Waals surface area contributed by atoms with Crippen molar-refractivity contribution in [2.24, 2.45) is 52.8 Å². The molecule has 7 rings (SSSR count). The highest BCUT2D eigenvalue weighted by atomic mass is 16.7. The van der Waals surface area contributed by atoms with Crippen LogP contribution in [-0.4, -0.2) is 104 Å². The molecule has 0 spiro atoms. The second kappa shape index (κ2) is 10.7. The van der Waals surface area contributed by atoms with Gasteiger partial charge in [0.1, 0.15) is 30.2 Å². The smallest absolute Gasteiger partial charge is 0.186 e. The van der Waals surface area contributed by atoms with Crippen LogP contribution in [0.5, 0.6) is 0 Å². The van der Waals surface area contributed by atoms with Crippen LogP contribution in [0.25, 0.3) is 0 Å². The molecule has 238 valence electrons. The second-order valence-corrected chi connectivity index (χ2v) is 16.0. The number of piperidine rings is 2. The van der Waals surface area contributed by atoms with Gasteiger partial charge in [0.2, 0.25) is 0 Å². The number of aliphatic hydroxyl groups excluding tert-OH is 4. The highest BCUT2D eigenvalue weighted by Gasteiger charge is 2.64. The average Bonchev–Trinajstić information content (AvgIpc) is 3.33. The molecule has 3 aliphatic heterocycles. The average molecular weight is 592 g/mol. The van der Waals surface area contributed by atoms with Gasteiger partial charge in [0.25, 0.3) is 0 Å². The Hall–Kier alpha value is -0.650. The van der Waals surface area contributed by atoms with Gasteiger partial charge < -0.3 is 35.0 Å². The van der Waals surface area contributed by atoms with Gasteiger partial charge in [0.05, 0.1) is 18.3 Å². The zero-order chi connectivity index (χ0) is 29.7. The van der Waals surface area contributed by atoms with Crippen LogP contribution in [0.4, 0.5) is 0 Å². The van der Waals surface area contributed by atoms with Crippen LogP contribution in [0, 0.1) is 52.8 Å². The predicted molar refractivity (Wildman–Crippen MR) is 153 cm³/mol. The summed E-state index contributed by atoms with van der Waals surface area (Å²) in [6.07, 6.45) is 1.67. The molecule has 42 heavy (non-hydrogen) atoms. The van der Waals surface area contributed by atoms with Gasteiger partial charge in [-0.1, -0.05) is 13.8 Å². The van der Waals surface area contributed by atoms with E-state index in [2.05, 4.69) is 25.7 Å². The fourth-order valence-corrected chi connectivity index (χ4v) is 11.8. The third-order valence-corrected chi connectivity index (χ3v) is 14.0. The molecule has 3 saturated heterocycles. The lowest BCUT2D eigenvalue weighted by molar-refractivity contribution is -0.315. The lowest BCUT2D eigenvalue weighted by Crippen LogP contribution is -2.67. The Bertz CT molecular complexity index is 1040. The van der Waals surface area contributed by atoms with Gasteiger partial charge in [-0.15, -0.1) is 0 Å². The number of fused-ring (bicyclic) bond motifs is 8. The molecule has 0 aromatic carbocycles. The standard InChI is InChI=1S/C33H53NO8/c1-16-4-7-27-33(3,40)22-6-5-18-19(21(22)14-34(27)13-16)11-23-20(18)12-25(36)24-10-17(8-9-32(23,24)2)41-31-30(39)29(38)28(37)26(15-35)42-31/h16-24,26-31,35,37-40H,4-15H2,1-3H3/t16-,17-,18-,19+,20-,21-,22-,23-,24+,26+,27-,28+,29-,30+,31+,32+,33-/m0/s1. The molecule has 0 radical (unpaired) electrons. The van der Waals surface area contributed by atoms with Crippen molar-refractivity contribution >= 4 is 5.78 Å². The summed E-state index contributed by atoms with van der Waals surface area (Å²) in [7, 11) is 0. The topological polar surface area (TPSA) is 140 Å². The van der Waals surface area contributed by atoms with Crippen LogP contribution in [0.1, 0.15) is 78.6 Å². The minimum absolute atomic E-state index is 0.0958. The maximum atomic E-state index is 13.9. The number of rotatable bonds is 3. The summed E-state index contributed by atoms with van der Waals surface area (Å²) < 4.78 is 11.8. The van der Waals surface area contributed by atoms with E-state index < -0.39 is 42.9 Å². The van der Waals surface area contributed by atoms with Gasteiger partial charge in [-0.3, -0.25) is 9.69 Å². The number of hydrogen-bond donors (Lipinski definition) is 5. The lowest BCUT2D eigenvalue weighted by atomic mass is 9.51. The highest BCUT2D eigenvalue weighted by Crippen LogP contribution is 2.66. The Morgan fingerprint density at radius 1 is 0.905 bits per heavy atom. The molecular formula is C33H53NO8. The SMILES string of the molecule is C[C@H]1CC[C@@H]2N(C1)C[C@H]1[C@@H]3C[C@H]4[C@@H](CC(=O)[C@H]5C[C@@H](O[C@@H]6O[C@H](CO)[C@@H](O)[C@H](O)[C@H]6O)CC[C@@]54C)[C@H]3CC[C@@H]1[C@]2(C)O. The van der Waals surface area contributed by atoms with Crippen molar-refractivity contribution in [3.05, 3.63) is 0 Å². The van der Waals surface area contributed by atoms with E-state index >= 15 is 0 Å². The first-order chi connectivity index (χ1) is 19.9. The molecular weight excluding hydrogens is 538 g/mol. The molecule has 5 N–H and O–H groups in total. The molecule has 0 amide bonds. The number of carbonyl (C=O) groups is 1. The molecule has 9 heteroatoms. The fraction of sp³-hybridized carbons (Fsp3) is 0.970. The molecule has 0 unspecified atom stereocenters. The number of ketones is 1. The zero-order valence-electron chi connectivity index (χ0n) is 25.6. The third-order valence-electron chi connectivity index (χ3n) is 14.0. The Morgan fingerprint density at radius 3 is 2.45 bits per heavy atom. The van der Waals surface area contributed by atoms with Crippen molar-refractivity contribution in [3.63, 3.8) is 0 Å². The van der Waals surface area contributed by atoms with E-state index in [4.69, 9.17) is 9.47 Å². The van der Waals surface area contributed by atoms with Gasteiger partial charge in [-0.25, -0.2) is 0 Å². The minimum Gasteiger partial charge on any atom is -0.394 e. The highest BCUT2D eigenvalue weighted by molar-refractivity contribution is 5.83. The number of hydrogen-bond acceptors (Lipinski definition) is 9. The van der Waals surface area contributed by atoms with Crippen LogP contribution in [-0.2, 0) is 14.3 Å². The lowest BCUT2D eigenvalue weighted by Gasteiger charge is -2.59.